The fraction of sp³-hybridized carbons (Fsp3) is 0.650. The molecule has 1 N–H and O–H groups in total. The molecule has 0 heterocycles. The monoisotopic (exact) mass is 315 g/mol. The second-order valence-electron chi connectivity index (χ2n) is 8.25. The summed E-state index contributed by atoms with van der Waals surface area (Å²) >= 11 is 0. The maximum atomic E-state index is 12.6. The number of nitrogens with one attached hydrogen (secondary N) is 1. The third-order valence-corrected chi connectivity index (χ3v) is 6.78. The van der Waals surface area contributed by atoms with E-state index in [0.29, 0.717) is 5.41 Å². The van der Waals surface area contributed by atoms with Crippen molar-refractivity contribution in [3.05, 3.63) is 29.8 Å². The van der Waals surface area contributed by atoms with E-state index in [0.717, 1.165) is 23.7 Å². The first kappa shape index (κ1) is 16.4. The van der Waals surface area contributed by atoms with Crippen LogP contribution in [0.1, 0.15) is 52.5 Å². The molecule has 2 bridgehead atoms. The molecule has 2 aliphatic rings. The minimum absolute atomic E-state index is 0.00100. The predicted molar refractivity (Wildman–Crippen MR) is 92.4 cm³/mol. The van der Waals surface area contributed by atoms with Crippen LogP contribution in [0.15, 0.2) is 24.3 Å². The number of ether oxygens (including phenoxy) is 1. The van der Waals surface area contributed by atoms with Crippen molar-refractivity contribution in [1.29, 1.82) is 0 Å². The molecular weight excluding hydrogens is 286 g/mol. The Balaban J connectivity index is 1.64. The van der Waals surface area contributed by atoms with Gasteiger partial charge in [-0.15, -0.1) is 0 Å². The van der Waals surface area contributed by atoms with Crippen molar-refractivity contribution in [1.82, 2.24) is 5.32 Å². The Morgan fingerprint density at radius 2 is 2.09 bits per heavy atom. The molecule has 126 valence electrons. The van der Waals surface area contributed by atoms with E-state index in [1.165, 1.54) is 12.8 Å². The summed E-state index contributed by atoms with van der Waals surface area (Å²) in [4.78, 5) is 12.6. The molecule has 3 heteroatoms. The van der Waals surface area contributed by atoms with Gasteiger partial charge in [-0.2, -0.15) is 0 Å². The lowest BCUT2D eigenvalue weighted by Crippen LogP contribution is -2.50. The number of fused-ring (bicyclic) bond motifs is 2. The van der Waals surface area contributed by atoms with Gasteiger partial charge in [-0.05, 0) is 67.6 Å². The van der Waals surface area contributed by atoms with Crippen LogP contribution < -0.4 is 10.1 Å². The molecule has 3 nitrogen and oxygen atoms in total. The Labute approximate surface area is 139 Å². The topological polar surface area (TPSA) is 38.3 Å². The largest absolute Gasteiger partial charge is 0.481 e. The molecule has 0 aliphatic heterocycles. The standard InChI is InChI=1S/C20H29NO2/c1-13-7-6-8-16(11-13)23-14(2)18(22)21-17-12-15-9-10-20(17,5)19(15,3)4/h6-8,11,14-15,17H,9-10,12H2,1-5H3,(H,21,22)/t14-,15-,17+,20-/m0/s1. The van der Waals surface area contributed by atoms with Crippen LogP contribution in [0.4, 0.5) is 0 Å². The highest BCUT2D eigenvalue weighted by Gasteiger charge is 2.61. The van der Waals surface area contributed by atoms with Crippen molar-refractivity contribution < 1.29 is 9.53 Å². The van der Waals surface area contributed by atoms with Gasteiger partial charge in [0, 0.05) is 6.04 Å². The van der Waals surface area contributed by atoms with Gasteiger partial charge in [-0.3, -0.25) is 4.79 Å². The lowest BCUT2D eigenvalue weighted by Gasteiger charge is -2.39. The Morgan fingerprint density at radius 3 is 2.65 bits per heavy atom. The summed E-state index contributed by atoms with van der Waals surface area (Å²) in [7, 11) is 0. The molecule has 0 unspecified atom stereocenters. The van der Waals surface area contributed by atoms with Gasteiger partial charge in [0.1, 0.15) is 5.75 Å². The first-order valence-corrected chi connectivity index (χ1v) is 8.78. The summed E-state index contributed by atoms with van der Waals surface area (Å²) in [5.41, 5.74) is 1.65. The third kappa shape index (κ3) is 2.64. The van der Waals surface area contributed by atoms with Crippen LogP contribution in [0.25, 0.3) is 0 Å². The SMILES string of the molecule is Cc1cccc(O[C@@H](C)C(=O)N[C@@H]2C[C@@H]3CC[C@]2(C)C3(C)C)c1. The van der Waals surface area contributed by atoms with Crippen molar-refractivity contribution in [2.24, 2.45) is 16.7 Å². The average molecular weight is 315 g/mol. The van der Waals surface area contributed by atoms with E-state index in [1.807, 2.05) is 38.1 Å². The van der Waals surface area contributed by atoms with E-state index >= 15 is 0 Å². The van der Waals surface area contributed by atoms with Crippen molar-refractivity contribution in [2.45, 2.75) is 66.0 Å². The van der Waals surface area contributed by atoms with Crippen molar-refractivity contribution in [2.75, 3.05) is 0 Å². The van der Waals surface area contributed by atoms with Crippen LogP contribution in [0, 0.1) is 23.7 Å². The lowest BCUT2D eigenvalue weighted by atomic mass is 9.69. The smallest absolute Gasteiger partial charge is 0.261 e. The fourth-order valence-corrected chi connectivity index (χ4v) is 4.66. The van der Waals surface area contributed by atoms with Gasteiger partial charge in [0.15, 0.2) is 6.10 Å². The number of carbonyl (C=O) groups is 1. The van der Waals surface area contributed by atoms with Crippen LogP contribution >= 0.6 is 0 Å². The van der Waals surface area contributed by atoms with Gasteiger partial charge < -0.3 is 10.1 Å². The number of benzene rings is 1. The lowest BCUT2D eigenvalue weighted by molar-refractivity contribution is -0.129. The Kier molecular flexibility index (Phi) is 3.94. The summed E-state index contributed by atoms with van der Waals surface area (Å²) in [6.07, 6.45) is 3.14. The molecule has 0 radical (unpaired) electrons. The molecule has 3 rings (SSSR count). The summed E-state index contributed by atoms with van der Waals surface area (Å²) in [6, 6.07) is 8.11. The zero-order valence-corrected chi connectivity index (χ0v) is 15.0. The molecule has 4 atom stereocenters. The minimum atomic E-state index is -0.470. The van der Waals surface area contributed by atoms with Crippen LogP contribution in [-0.4, -0.2) is 18.1 Å². The van der Waals surface area contributed by atoms with E-state index in [1.54, 1.807) is 0 Å². The molecule has 0 saturated heterocycles. The van der Waals surface area contributed by atoms with E-state index < -0.39 is 6.10 Å². The predicted octanol–water partition coefficient (Wildman–Crippen LogP) is 4.09. The van der Waals surface area contributed by atoms with Gasteiger partial charge in [0.25, 0.3) is 5.91 Å². The third-order valence-electron chi connectivity index (χ3n) is 6.78. The zero-order valence-electron chi connectivity index (χ0n) is 15.0. The maximum Gasteiger partial charge on any atom is 0.261 e. The number of aryl methyl sites for hydroxylation is 1. The number of amides is 1. The minimum Gasteiger partial charge on any atom is -0.481 e. The molecule has 0 aromatic heterocycles. The highest BCUT2D eigenvalue weighted by atomic mass is 16.5. The van der Waals surface area contributed by atoms with Gasteiger partial charge in [0.2, 0.25) is 0 Å². The number of rotatable bonds is 4. The van der Waals surface area contributed by atoms with Gasteiger partial charge in [0.05, 0.1) is 0 Å². The summed E-state index contributed by atoms with van der Waals surface area (Å²) in [5.74, 6) is 1.49. The van der Waals surface area contributed by atoms with E-state index in [2.05, 4.69) is 26.1 Å². The van der Waals surface area contributed by atoms with Crippen molar-refractivity contribution in [3.63, 3.8) is 0 Å². The molecular formula is C20H29NO2. The molecule has 0 spiro atoms. The second-order valence-corrected chi connectivity index (χ2v) is 8.25. The molecule has 2 aliphatic carbocycles. The second kappa shape index (κ2) is 5.54. The summed E-state index contributed by atoms with van der Waals surface area (Å²) < 4.78 is 5.82. The quantitative estimate of drug-likeness (QED) is 0.908. The molecule has 2 fully saturated rings. The average Bonchev–Trinajstić information content (AvgIpc) is 2.80. The highest BCUT2D eigenvalue weighted by molar-refractivity contribution is 5.81. The van der Waals surface area contributed by atoms with Crippen LogP contribution in [-0.2, 0) is 4.79 Å². The van der Waals surface area contributed by atoms with Crippen LogP contribution in [0.3, 0.4) is 0 Å². The Bertz CT molecular complexity index is 609. The first-order chi connectivity index (χ1) is 10.7. The molecule has 1 aromatic rings. The van der Waals surface area contributed by atoms with Crippen molar-refractivity contribution >= 4 is 5.91 Å². The van der Waals surface area contributed by atoms with Gasteiger partial charge in [-0.25, -0.2) is 0 Å². The Hall–Kier alpha value is -1.51. The fourth-order valence-electron chi connectivity index (χ4n) is 4.66. The van der Waals surface area contributed by atoms with Gasteiger partial charge in [-0.1, -0.05) is 32.9 Å². The van der Waals surface area contributed by atoms with Crippen LogP contribution in [0.5, 0.6) is 5.75 Å². The number of hydrogen-bond donors (Lipinski definition) is 1. The van der Waals surface area contributed by atoms with E-state index in [4.69, 9.17) is 4.74 Å². The summed E-state index contributed by atoms with van der Waals surface area (Å²) in [5, 5.41) is 3.28. The van der Waals surface area contributed by atoms with Gasteiger partial charge >= 0.3 is 0 Å². The zero-order chi connectivity index (χ0) is 16.8. The number of hydrogen-bond acceptors (Lipinski definition) is 2. The van der Waals surface area contributed by atoms with Crippen molar-refractivity contribution in [3.8, 4) is 5.75 Å². The number of carbonyl (C=O) groups excluding carboxylic acids is 1. The van der Waals surface area contributed by atoms with E-state index in [-0.39, 0.29) is 17.4 Å². The first-order valence-electron chi connectivity index (χ1n) is 8.78. The Morgan fingerprint density at radius 1 is 1.35 bits per heavy atom. The highest BCUT2D eigenvalue weighted by Crippen LogP contribution is 2.65. The molecule has 23 heavy (non-hydrogen) atoms. The van der Waals surface area contributed by atoms with E-state index in [9.17, 15) is 4.79 Å². The molecule has 1 amide bonds. The maximum absolute atomic E-state index is 12.6. The molecule has 2 saturated carbocycles. The normalized spacial score (nSPS) is 32.6. The summed E-state index contributed by atoms with van der Waals surface area (Å²) in [6.45, 7) is 10.9. The van der Waals surface area contributed by atoms with Crippen LogP contribution in [0.2, 0.25) is 0 Å². The molecule has 1 aromatic carbocycles.